The smallest absolute Gasteiger partial charge is 0.183 e. The molecule has 324 valence electrons. The average molecular weight is 829 g/mol. The summed E-state index contributed by atoms with van der Waals surface area (Å²) in [6, 6.07) is 0. The fraction of sp³-hybridized carbons (Fsp3) is 0.458. The number of Topliss-reactive ketones (excluding diaryl/α,β-unsaturated/α-hetero) is 4. The van der Waals surface area contributed by atoms with Crippen LogP contribution in [0.2, 0.25) is 0 Å². The summed E-state index contributed by atoms with van der Waals surface area (Å²) in [6.07, 6.45) is 7.73. The highest BCUT2D eigenvalue weighted by molar-refractivity contribution is 6.24. The molecule has 4 rings (SSSR count). The predicted octanol–water partition coefficient (Wildman–Crippen LogP) is 10.2. The number of ketones is 4. The third kappa shape index (κ3) is 9.17. The largest absolute Gasteiger partial charge is 0.511 e. The summed E-state index contributed by atoms with van der Waals surface area (Å²) in [5, 5.41) is 82.3. The maximum absolute atomic E-state index is 14.1. The third-order valence-electron chi connectivity index (χ3n) is 11.2. The van der Waals surface area contributed by atoms with Gasteiger partial charge in [-0.2, -0.15) is 0 Å². The second-order valence-corrected chi connectivity index (χ2v) is 16.9. The van der Waals surface area contributed by atoms with Crippen LogP contribution in [0.4, 0.5) is 0 Å². The molecule has 0 spiro atoms. The quantitative estimate of drug-likeness (QED) is 0.0424. The number of phenolic OH excluding ortho intramolecular Hbond substituents is 5. The normalized spacial score (nSPS) is 17.4. The Labute approximate surface area is 351 Å². The molecule has 1 aliphatic carbocycles. The van der Waals surface area contributed by atoms with Gasteiger partial charge in [-0.05, 0) is 92.2 Å². The molecule has 7 N–H and O–H groups in total. The maximum Gasteiger partial charge on any atom is 0.183 e. The second-order valence-electron chi connectivity index (χ2n) is 16.9. The molecular weight excluding hydrogens is 769 g/mol. The van der Waals surface area contributed by atoms with Gasteiger partial charge < -0.3 is 40.5 Å². The topological polar surface area (TPSA) is 219 Å². The number of hydrogen-bond acceptors (Lipinski definition) is 12. The number of rotatable bonds is 18. The number of phenols is 5. The number of aliphatic hydroxyl groups excluding tert-OH is 2. The molecule has 0 saturated carbocycles. The lowest BCUT2D eigenvalue weighted by molar-refractivity contribution is -0.127. The standard InChI is InChI=1S/C48H60O12/c1-10-14-32(49)35-40(54)29(23-28-38(52)27-20-21-47(7,8)60-44(27)36(42(28)56)33(50)15-11-2)39(53)30(41(35)55)24-31-43(57)37(34(51)16-12-3)46(59)48(9,45(31)58)22-19-26(6)18-13-17-25(4)5/h17,19-21,52-58H,10-16,18,22-24H2,1-9H3/t48-/m1/s1. The van der Waals surface area contributed by atoms with Crippen LogP contribution >= 0.6 is 0 Å². The highest BCUT2D eigenvalue weighted by Gasteiger charge is 2.48. The fourth-order valence-corrected chi connectivity index (χ4v) is 7.64. The van der Waals surface area contributed by atoms with E-state index in [-0.39, 0.29) is 53.7 Å². The highest BCUT2D eigenvalue weighted by atomic mass is 16.5. The Morgan fingerprint density at radius 2 is 1.18 bits per heavy atom. The summed E-state index contributed by atoms with van der Waals surface area (Å²) < 4.78 is 6.06. The first-order valence-corrected chi connectivity index (χ1v) is 20.6. The molecule has 0 fully saturated rings. The molecule has 0 saturated heterocycles. The van der Waals surface area contributed by atoms with Gasteiger partial charge in [0.2, 0.25) is 0 Å². The Morgan fingerprint density at radius 1 is 0.667 bits per heavy atom. The molecule has 1 heterocycles. The number of aromatic hydroxyl groups is 5. The minimum atomic E-state index is -1.77. The minimum Gasteiger partial charge on any atom is -0.511 e. The van der Waals surface area contributed by atoms with Gasteiger partial charge in [0.25, 0.3) is 0 Å². The van der Waals surface area contributed by atoms with Gasteiger partial charge in [0.15, 0.2) is 23.1 Å². The number of allylic oxidation sites excluding steroid dienone is 7. The van der Waals surface area contributed by atoms with E-state index in [4.69, 9.17) is 4.74 Å². The van der Waals surface area contributed by atoms with Crippen LogP contribution in [0.15, 0.2) is 52.0 Å². The summed E-state index contributed by atoms with van der Waals surface area (Å²) >= 11 is 0. The third-order valence-corrected chi connectivity index (χ3v) is 11.2. The van der Waals surface area contributed by atoms with Crippen molar-refractivity contribution in [3.63, 3.8) is 0 Å². The zero-order valence-electron chi connectivity index (χ0n) is 36.3. The maximum atomic E-state index is 14.1. The lowest BCUT2D eigenvalue weighted by Crippen LogP contribution is -2.39. The highest BCUT2D eigenvalue weighted by Crippen LogP contribution is 2.52. The average Bonchev–Trinajstić information content (AvgIpc) is 3.15. The summed E-state index contributed by atoms with van der Waals surface area (Å²) in [5.74, 6) is -8.06. The van der Waals surface area contributed by atoms with Crippen LogP contribution in [0, 0.1) is 5.41 Å². The molecular formula is C48H60O12. The van der Waals surface area contributed by atoms with Gasteiger partial charge >= 0.3 is 0 Å². The monoisotopic (exact) mass is 828 g/mol. The van der Waals surface area contributed by atoms with Crippen LogP contribution in [-0.4, -0.2) is 64.5 Å². The van der Waals surface area contributed by atoms with E-state index in [1.807, 2.05) is 20.8 Å². The van der Waals surface area contributed by atoms with Crippen molar-refractivity contribution in [3.05, 3.63) is 85.4 Å². The number of carbonyl (C=O) groups is 4. The molecule has 1 aliphatic heterocycles. The summed E-state index contributed by atoms with van der Waals surface area (Å²) in [4.78, 5) is 54.7. The molecule has 0 radical (unpaired) electrons. The van der Waals surface area contributed by atoms with E-state index < -0.39 is 110 Å². The SMILES string of the molecule is CCCC(=O)C1=C(O)C(Cc2c(O)c(Cc3c(O)c4c(c(C(=O)CCC)c3O)OC(C)(C)C=C4)c(O)c(C(=O)CCC)c2O)=C(O)[C@@](C)(CC=C(C)CCC=C(C)C)C1=O. The van der Waals surface area contributed by atoms with Crippen molar-refractivity contribution >= 4 is 29.2 Å². The Morgan fingerprint density at radius 3 is 1.75 bits per heavy atom. The lowest BCUT2D eigenvalue weighted by Gasteiger charge is -2.34. The molecule has 2 aromatic rings. The first kappa shape index (κ1) is 46.9. The molecule has 12 nitrogen and oxygen atoms in total. The summed E-state index contributed by atoms with van der Waals surface area (Å²) in [5.41, 5.74) is -3.54. The van der Waals surface area contributed by atoms with Crippen LogP contribution in [0.5, 0.6) is 34.5 Å². The molecule has 0 aromatic heterocycles. The Kier molecular flexibility index (Phi) is 14.6. The van der Waals surface area contributed by atoms with Crippen molar-refractivity contribution < 1.29 is 59.7 Å². The van der Waals surface area contributed by atoms with Crippen LogP contribution < -0.4 is 4.74 Å². The van der Waals surface area contributed by atoms with E-state index in [2.05, 4.69) is 6.08 Å². The Hall–Kier alpha value is -5.78. The van der Waals surface area contributed by atoms with Crippen molar-refractivity contribution in [3.8, 4) is 34.5 Å². The van der Waals surface area contributed by atoms with Crippen LogP contribution in [0.25, 0.3) is 6.08 Å². The van der Waals surface area contributed by atoms with E-state index >= 15 is 0 Å². The Bertz CT molecular complexity index is 2260. The lowest BCUT2D eigenvalue weighted by atomic mass is 9.69. The molecule has 2 aliphatic rings. The first-order chi connectivity index (χ1) is 28.1. The first-order valence-electron chi connectivity index (χ1n) is 20.6. The van der Waals surface area contributed by atoms with E-state index in [1.165, 1.54) is 13.0 Å². The molecule has 2 aromatic carbocycles. The second kappa shape index (κ2) is 18.6. The summed E-state index contributed by atoms with van der Waals surface area (Å²) in [7, 11) is 0. The number of ether oxygens (including phenoxy) is 1. The number of aliphatic hydroxyl groups is 2. The zero-order valence-corrected chi connectivity index (χ0v) is 36.3. The predicted molar refractivity (Wildman–Crippen MR) is 229 cm³/mol. The molecule has 60 heavy (non-hydrogen) atoms. The van der Waals surface area contributed by atoms with E-state index in [0.29, 0.717) is 25.7 Å². The van der Waals surface area contributed by atoms with Gasteiger partial charge in [-0.15, -0.1) is 0 Å². The van der Waals surface area contributed by atoms with E-state index in [9.17, 15) is 54.9 Å². The molecule has 1 atom stereocenters. The molecule has 12 heteroatoms. The number of hydrogen-bond donors (Lipinski definition) is 7. The molecule has 0 unspecified atom stereocenters. The van der Waals surface area contributed by atoms with Crippen LogP contribution in [0.1, 0.15) is 163 Å². The minimum absolute atomic E-state index is 0.0122. The van der Waals surface area contributed by atoms with Crippen molar-refractivity contribution in [2.75, 3.05) is 0 Å². The number of benzene rings is 2. The molecule has 0 bridgehead atoms. The van der Waals surface area contributed by atoms with Gasteiger partial charge in [0.05, 0.1) is 11.0 Å². The van der Waals surface area contributed by atoms with Crippen LogP contribution in [-0.2, 0) is 22.4 Å². The van der Waals surface area contributed by atoms with Crippen molar-refractivity contribution in [2.45, 2.75) is 139 Å². The fourth-order valence-electron chi connectivity index (χ4n) is 7.64. The molecule has 0 amide bonds. The van der Waals surface area contributed by atoms with Gasteiger partial charge in [-0.25, -0.2) is 0 Å². The zero-order chi connectivity index (χ0) is 45.0. The van der Waals surface area contributed by atoms with Crippen LogP contribution in [0.3, 0.4) is 0 Å². The van der Waals surface area contributed by atoms with Gasteiger partial charge in [-0.1, -0.05) is 44.1 Å². The number of fused-ring (bicyclic) bond motifs is 1. The van der Waals surface area contributed by atoms with Gasteiger partial charge in [0.1, 0.15) is 68.3 Å². The number of carbonyl (C=O) groups excluding carboxylic acids is 4. The Balaban J connectivity index is 2.01. The summed E-state index contributed by atoms with van der Waals surface area (Å²) in [6.45, 7) is 15.9. The van der Waals surface area contributed by atoms with Crippen molar-refractivity contribution in [1.29, 1.82) is 0 Å². The van der Waals surface area contributed by atoms with E-state index in [0.717, 1.165) is 17.6 Å². The van der Waals surface area contributed by atoms with Gasteiger partial charge in [-0.3, -0.25) is 19.2 Å². The van der Waals surface area contributed by atoms with Crippen molar-refractivity contribution in [2.24, 2.45) is 5.41 Å². The van der Waals surface area contributed by atoms with Crippen molar-refractivity contribution in [1.82, 2.24) is 0 Å². The van der Waals surface area contributed by atoms with E-state index in [1.54, 1.807) is 46.8 Å². The van der Waals surface area contributed by atoms with Gasteiger partial charge in [0, 0.05) is 54.4 Å².